The van der Waals surface area contributed by atoms with E-state index in [0.717, 1.165) is 24.1 Å². The molecule has 3 atom stereocenters. The van der Waals surface area contributed by atoms with Crippen molar-refractivity contribution >= 4 is 5.91 Å². The van der Waals surface area contributed by atoms with Gasteiger partial charge in [-0.1, -0.05) is 0 Å². The molecule has 0 unspecified atom stereocenters. The smallest absolute Gasteiger partial charge is 0.253 e. The molecular weight excluding hydrogens is 268 g/mol. The molecule has 110 valence electrons. The van der Waals surface area contributed by atoms with Crippen molar-refractivity contribution in [2.24, 2.45) is 0 Å². The lowest BCUT2D eigenvalue weighted by Gasteiger charge is -2.41. The fourth-order valence-electron chi connectivity index (χ4n) is 3.11. The van der Waals surface area contributed by atoms with Gasteiger partial charge < -0.3 is 15.4 Å². The van der Waals surface area contributed by atoms with Crippen LogP contribution < -0.4 is 5.32 Å². The van der Waals surface area contributed by atoms with Crippen molar-refractivity contribution in [2.75, 3.05) is 0 Å². The van der Waals surface area contributed by atoms with Crippen LogP contribution >= 0.6 is 0 Å². The largest absolute Gasteiger partial charge is 0.391 e. The topological polar surface area (TPSA) is 82.9 Å². The van der Waals surface area contributed by atoms with Crippen LogP contribution in [0.15, 0.2) is 30.7 Å². The number of carbonyl (C=O) groups is 1. The number of carbonyl (C=O) groups excluding carboxylic acids is 1. The van der Waals surface area contributed by atoms with Gasteiger partial charge in [0.15, 0.2) is 0 Å². The predicted molar refractivity (Wildman–Crippen MR) is 75.9 cm³/mol. The maximum Gasteiger partial charge on any atom is 0.253 e. The van der Waals surface area contributed by atoms with E-state index in [0.29, 0.717) is 12.3 Å². The number of hydrogen-bond acceptors (Lipinski definition) is 3. The predicted octanol–water partition coefficient (Wildman–Crippen LogP) is 1.19. The molecule has 2 saturated carbocycles. The molecule has 0 aromatic carbocycles. The average molecular weight is 286 g/mol. The van der Waals surface area contributed by atoms with Gasteiger partial charge in [-0.05, 0) is 37.3 Å². The Bertz CT molecular complexity index is 644. The Kier molecular flexibility index (Phi) is 2.85. The van der Waals surface area contributed by atoms with E-state index >= 15 is 0 Å². The molecule has 2 heterocycles. The zero-order valence-electron chi connectivity index (χ0n) is 11.6. The van der Waals surface area contributed by atoms with E-state index in [2.05, 4.69) is 15.4 Å². The average Bonchev–Trinajstić information content (AvgIpc) is 2.97. The number of nitrogens with zero attached hydrogens (tertiary/aromatic N) is 2. The molecule has 2 fully saturated rings. The van der Waals surface area contributed by atoms with Gasteiger partial charge in [0.25, 0.3) is 5.91 Å². The highest BCUT2D eigenvalue weighted by Crippen LogP contribution is 2.41. The third kappa shape index (κ3) is 2.15. The molecule has 2 aromatic heterocycles. The van der Waals surface area contributed by atoms with Crippen LogP contribution in [0.4, 0.5) is 0 Å². The van der Waals surface area contributed by atoms with E-state index < -0.39 is 6.10 Å². The van der Waals surface area contributed by atoms with Crippen LogP contribution in [0, 0.1) is 0 Å². The van der Waals surface area contributed by atoms with E-state index in [1.54, 1.807) is 10.9 Å². The van der Waals surface area contributed by atoms with Crippen molar-refractivity contribution < 1.29 is 9.90 Å². The number of amides is 1. The standard InChI is InChI=1S/C15H18N4O2/c20-12-8-11(14(12)19-7-1-5-17-19)18-15(21)10-4-6-16-13(10)9-2-3-9/h1,4-7,9,11-12,14,16,20H,2-3,8H2,(H,18,21)/t11-,12+,14+/m0/s1. The summed E-state index contributed by atoms with van der Waals surface area (Å²) in [5.74, 6) is 0.446. The van der Waals surface area contributed by atoms with Crippen LogP contribution in [0.25, 0.3) is 0 Å². The summed E-state index contributed by atoms with van der Waals surface area (Å²) in [6.45, 7) is 0. The van der Waals surface area contributed by atoms with Crippen LogP contribution in [0.2, 0.25) is 0 Å². The lowest BCUT2D eigenvalue weighted by Crippen LogP contribution is -2.56. The molecule has 6 heteroatoms. The maximum absolute atomic E-state index is 12.4. The zero-order chi connectivity index (χ0) is 14.4. The normalized spacial score (nSPS) is 28.1. The Labute approximate surface area is 122 Å². The van der Waals surface area contributed by atoms with Gasteiger partial charge in [-0.3, -0.25) is 9.48 Å². The summed E-state index contributed by atoms with van der Waals surface area (Å²) in [4.78, 5) is 15.6. The Hall–Kier alpha value is -2.08. The highest BCUT2D eigenvalue weighted by atomic mass is 16.3. The molecule has 2 aromatic rings. The molecule has 2 aliphatic carbocycles. The number of H-pyrrole nitrogens is 1. The first-order chi connectivity index (χ1) is 10.2. The van der Waals surface area contributed by atoms with E-state index in [9.17, 15) is 9.90 Å². The summed E-state index contributed by atoms with van der Waals surface area (Å²) in [5, 5.41) is 17.1. The van der Waals surface area contributed by atoms with E-state index in [4.69, 9.17) is 0 Å². The summed E-state index contributed by atoms with van der Waals surface area (Å²) in [7, 11) is 0. The number of nitrogens with one attached hydrogen (secondary N) is 2. The van der Waals surface area contributed by atoms with Crippen molar-refractivity contribution in [3.63, 3.8) is 0 Å². The number of aromatic nitrogens is 3. The third-order valence-corrected chi connectivity index (χ3v) is 4.46. The van der Waals surface area contributed by atoms with Crippen molar-refractivity contribution in [3.05, 3.63) is 42.0 Å². The number of hydrogen-bond donors (Lipinski definition) is 3. The molecule has 0 spiro atoms. The molecule has 6 nitrogen and oxygen atoms in total. The monoisotopic (exact) mass is 286 g/mol. The highest BCUT2D eigenvalue weighted by Gasteiger charge is 2.43. The summed E-state index contributed by atoms with van der Waals surface area (Å²) in [6.07, 6.45) is 7.74. The van der Waals surface area contributed by atoms with Gasteiger partial charge in [0, 0.05) is 24.3 Å². The first kappa shape index (κ1) is 12.6. The van der Waals surface area contributed by atoms with Crippen molar-refractivity contribution in [1.82, 2.24) is 20.1 Å². The van der Waals surface area contributed by atoms with Gasteiger partial charge in [-0.2, -0.15) is 5.10 Å². The van der Waals surface area contributed by atoms with Gasteiger partial charge in [-0.25, -0.2) is 0 Å². The third-order valence-electron chi connectivity index (χ3n) is 4.46. The first-order valence-electron chi connectivity index (χ1n) is 7.39. The second-order valence-electron chi connectivity index (χ2n) is 5.94. The lowest BCUT2D eigenvalue weighted by atomic mass is 9.83. The molecule has 0 bridgehead atoms. The van der Waals surface area contributed by atoms with Crippen LogP contribution in [0.3, 0.4) is 0 Å². The molecule has 4 rings (SSSR count). The second-order valence-corrected chi connectivity index (χ2v) is 5.94. The van der Waals surface area contributed by atoms with Gasteiger partial charge in [-0.15, -0.1) is 0 Å². The minimum Gasteiger partial charge on any atom is -0.391 e. The number of aromatic amines is 1. The first-order valence-corrected chi connectivity index (χ1v) is 7.39. The Morgan fingerprint density at radius 3 is 3.00 bits per heavy atom. The highest BCUT2D eigenvalue weighted by molar-refractivity contribution is 5.96. The van der Waals surface area contributed by atoms with Crippen molar-refractivity contribution in [3.8, 4) is 0 Å². The van der Waals surface area contributed by atoms with Crippen LogP contribution in [0.1, 0.15) is 47.3 Å². The minimum atomic E-state index is -0.454. The summed E-state index contributed by atoms with van der Waals surface area (Å²) < 4.78 is 1.72. The number of aliphatic hydroxyl groups is 1. The van der Waals surface area contributed by atoms with Crippen molar-refractivity contribution in [2.45, 2.75) is 43.4 Å². The molecule has 0 saturated heterocycles. The fraction of sp³-hybridized carbons (Fsp3) is 0.467. The minimum absolute atomic E-state index is 0.0628. The van der Waals surface area contributed by atoms with Crippen LogP contribution in [-0.2, 0) is 0 Å². The summed E-state index contributed by atoms with van der Waals surface area (Å²) >= 11 is 0. The molecule has 3 N–H and O–H groups in total. The Morgan fingerprint density at radius 2 is 2.33 bits per heavy atom. The quantitative estimate of drug-likeness (QED) is 0.789. The molecule has 2 aliphatic rings. The van der Waals surface area contributed by atoms with E-state index in [1.165, 1.54) is 0 Å². The lowest BCUT2D eigenvalue weighted by molar-refractivity contribution is -0.00589. The van der Waals surface area contributed by atoms with Gasteiger partial charge in [0.2, 0.25) is 0 Å². The van der Waals surface area contributed by atoms with Crippen LogP contribution in [-0.4, -0.2) is 37.9 Å². The fourth-order valence-corrected chi connectivity index (χ4v) is 3.11. The molecule has 0 aliphatic heterocycles. The number of rotatable bonds is 4. The Balaban J connectivity index is 1.48. The van der Waals surface area contributed by atoms with Gasteiger partial charge >= 0.3 is 0 Å². The van der Waals surface area contributed by atoms with E-state index in [-0.39, 0.29) is 18.0 Å². The molecule has 21 heavy (non-hydrogen) atoms. The molecule has 1 amide bonds. The SMILES string of the molecule is O=C(N[C@H]1C[C@@H](O)[C@@H]1n1cccn1)c1cc[nH]c1C1CC1. The zero-order valence-corrected chi connectivity index (χ0v) is 11.6. The van der Waals surface area contributed by atoms with Crippen LogP contribution in [0.5, 0.6) is 0 Å². The van der Waals surface area contributed by atoms with Gasteiger partial charge in [0.05, 0.1) is 23.8 Å². The van der Waals surface area contributed by atoms with Gasteiger partial charge in [0.1, 0.15) is 0 Å². The summed E-state index contributed by atoms with van der Waals surface area (Å²) in [5.41, 5.74) is 1.78. The van der Waals surface area contributed by atoms with E-state index in [1.807, 2.05) is 24.5 Å². The summed E-state index contributed by atoms with van der Waals surface area (Å²) in [6, 6.07) is 3.41. The number of aliphatic hydroxyl groups excluding tert-OH is 1. The Morgan fingerprint density at radius 1 is 1.48 bits per heavy atom. The molecular formula is C15H18N4O2. The maximum atomic E-state index is 12.4. The van der Waals surface area contributed by atoms with Crippen molar-refractivity contribution in [1.29, 1.82) is 0 Å². The molecule has 0 radical (unpaired) electrons. The second kappa shape index (κ2) is 4.73.